The van der Waals surface area contributed by atoms with E-state index < -0.39 is 6.10 Å². The molecule has 1 N–H and O–H groups in total. The summed E-state index contributed by atoms with van der Waals surface area (Å²) < 4.78 is 5.77. The van der Waals surface area contributed by atoms with Crippen LogP contribution in [0.3, 0.4) is 0 Å². The maximum absolute atomic E-state index is 13.0. The number of ether oxygens (including phenoxy) is 1. The molecule has 1 heterocycles. The lowest BCUT2D eigenvalue weighted by Gasteiger charge is -2.67. The monoisotopic (exact) mass is 468 g/mol. The Balaban J connectivity index is 1.48. The molecule has 0 aromatic heterocycles. The number of cyclic esters (lactones) is 1. The highest BCUT2D eigenvalue weighted by Crippen LogP contribution is 2.73. The Bertz CT molecular complexity index is 970. The minimum absolute atomic E-state index is 0.0422. The average Bonchev–Trinajstić information content (AvgIpc) is 3.26. The van der Waals surface area contributed by atoms with Crippen molar-refractivity contribution in [2.24, 2.45) is 45.3 Å². The van der Waals surface area contributed by atoms with E-state index in [9.17, 15) is 14.7 Å². The van der Waals surface area contributed by atoms with Crippen LogP contribution in [-0.4, -0.2) is 29.1 Å². The van der Waals surface area contributed by atoms with Crippen LogP contribution in [0.4, 0.5) is 0 Å². The van der Waals surface area contributed by atoms with Gasteiger partial charge in [-0.3, -0.25) is 9.59 Å². The molecule has 4 nitrogen and oxygen atoms in total. The van der Waals surface area contributed by atoms with E-state index in [-0.39, 0.29) is 51.5 Å². The molecular formula is C30H44O4. The second-order valence-corrected chi connectivity index (χ2v) is 13.8. The Morgan fingerprint density at radius 2 is 1.76 bits per heavy atom. The van der Waals surface area contributed by atoms with Crippen LogP contribution < -0.4 is 0 Å². The molecular weight excluding hydrogens is 424 g/mol. The number of carbonyl (C=O) groups is 2. The summed E-state index contributed by atoms with van der Waals surface area (Å²) in [4.78, 5) is 25.8. The maximum Gasteiger partial charge on any atom is 0.310 e. The fourth-order valence-electron chi connectivity index (χ4n) is 9.84. The molecule has 0 bridgehead atoms. The van der Waals surface area contributed by atoms with E-state index in [0.717, 1.165) is 32.1 Å². The van der Waals surface area contributed by atoms with E-state index in [1.807, 2.05) is 0 Å². The zero-order valence-electron chi connectivity index (χ0n) is 22.2. The van der Waals surface area contributed by atoms with Crippen LogP contribution in [0.25, 0.3) is 0 Å². The minimum atomic E-state index is -0.459. The van der Waals surface area contributed by atoms with E-state index in [1.165, 1.54) is 11.1 Å². The highest BCUT2D eigenvalue weighted by Gasteiger charge is 2.68. The van der Waals surface area contributed by atoms with Crippen molar-refractivity contribution < 1.29 is 19.4 Å². The van der Waals surface area contributed by atoms with Crippen molar-refractivity contribution in [3.63, 3.8) is 0 Å². The van der Waals surface area contributed by atoms with Crippen LogP contribution in [0.2, 0.25) is 0 Å². The quantitative estimate of drug-likeness (QED) is 0.397. The highest BCUT2D eigenvalue weighted by atomic mass is 16.5. The fraction of sp³-hybridized carbons (Fsp3) is 0.800. The Hall–Kier alpha value is -1.42. The molecule has 0 amide bonds. The Kier molecular flexibility index (Phi) is 5.39. The summed E-state index contributed by atoms with van der Waals surface area (Å²) in [5.74, 6) is 1.05. The van der Waals surface area contributed by atoms with Crippen molar-refractivity contribution in [2.75, 3.05) is 0 Å². The van der Waals surface area contributed by atoms with Gasteiger partial charge in [-0.25, -0.2) is 0 Å². The topological polar surface area (TPSA) is 63.6 Å². The number of aliphatic hydroxyl groups is 1. The van der Waals surface area contributed by atoms with E-state index in [2.05, 4.69) is 60.6 Å². The smallest absolute Gasteiger partial charge is 0.310 e. The van der Waals surface area contributed by atoms with Gasteiger partial charge >= 0.3 is 5.97 Å². The number of aliphatic hydroxyl groups excluding tert-OH is 1. The first kappa shape index (κ1) is 24.3. The van der Waals surface area contributed by atoms with Gasteiger partial charge in [0.05, 0.1) is 12.0 Å². The molecule has 4 fully saturated rings. The molecule has 0 radical (unpaired) electrons. The number of esters is 1. The number of ketones is 1. The summed E-state index contributed by atoms with van der Waals surface area (Å²) in [6.07, 6.45) is 9.94. The Morgan fingerprint density at radius 3 is 2.44 bits per heavy atom. The van der Waals surface area contributed by atoms with Crippen LogP contribution in [0.15, 0.2) is 23.3 Å². The van der Waals surface area contributed by atoms with Crippen LogP contribution in [-0.2, 0) is 14.3 Å². The first-order valence-electron chi connectivity index (χ1n) is 13.5. The molecule has 0 unspecified atom stereocenters. The van der Waals surface area contributed by atoms with Crippen molar-refractivity contribution in [3.8, 4) is 0 Å². The van der Waals surface area contributed by atoms with Crippen molar-refractivity contribution in [3.05, 3.63) is 23.3 Å². The number of allylic oxidation sites excluding steroid dienone is 2. The third kappa shape index (κ3) is 3.06. The van der Waals surface area contributed by atoms with Crippen molar-refractivity contribution in [1.82, 2.24) is 0 Å². The molecule has 0 aromatic rings. The van der Waals surface area contributed by atoms with Gasteiger partial charge in [-0.05, 0) is 80.6 Å². The summed E-state index contributed by atoms with van der Waals surface area (Å²) in [7, 11) is 0. The van der Waals surface area contributed by atoms with E-state index in [1.54, 1.807) is 0 Å². The first-order valence-corrected chi connectivity index (χ1v) is 13.5. The zero-order chi connectivity index (χ0) is 24.8. The molecule has 3 saturated carbocycles. The van der Waals surface area contributed by atoms with Crippen LogP contribution in [0.5, 0.6) is 0 Å². The number of carbonyl (C=O) groups excluding carboxylic acids is 2. The van der Waals surface area contributed by atoms with Gasteiger partial charge in [-0.2, -0.15) is 0 Å². The van der Waals surface area contributed by atoms with Crippen molar-refractivity contribution in [2.45, 2.75) is 106 Å². The number of rotatable bonds is 2. The van der Waals surface area contributed by atoms with Gasteiger partial charge < -0.3 is 9.84 Å². The lowest BCUT2D eigenvalue weighted by Crippen LogP contribution is -2.64. The Labute approximate surface area is 205 Å². The molecule has 5 aliphatic rings. The molecule has 34 heavy (non-hydrogen) atoms. The number of hydrogen-bond donors (Lipinski definition) is 1. The number of Topliss-reactive ketones (excluding diaryl/α,β-unsaturated/α-hetero) is 1. The molecule has 5 rings (SSSR count). The second-order valence-electron chi connectivity index (χ2n) is 13.8. The van der Waals surface area contributed by atoms with Gasteiger partial charge in [-0.15, -0.1) is 0 Å². The van der Waals surface area contributed by atoms with E-state index in [0.29, 0.717) is 24.5 Å². The van der Waals surface area contributed by atoms with Gasteiger partial charge in [0, 0.05) is 23.7 Å². The molecule has 1 saturated heterocycles. The summed E-state index contributed by atoms with van der Waals surface area (Å²) in [5, 5.41) is 11.8. The lowest BCUT2D eigenvalue weighted by atomic mass is 9.37. The fourth-order valence-corrected chi connectivity index (χ4v) is 9.84. The summed E-state index contributed by atoms with van der Waals surface area (Å²) in [6.45, 7) is 15.4. The van der Waals surface area contributed by atoms with Gasteiger partial charge in [0.1, 0.15) is 11.9 Å². The van der Waals surface area contributed by atoms with Crippen LogP contribution >= 0.6 is 0 Å². The normalized spacial score (nSPS) is 49.5. The zero-order valence-corrected chi connectivity index (χ0v) is 22.2. The summed E-state index contributed by atoms with van der Waals surface area (Å²) in [5.41, 5.74) is 1.86. The van der Waals surface area contributed by atoms with E-state index in [4.69, 9.17) is 4.74 Å². The average molecular weight is 469 g/mol. The molecule has 1 aliphatic heterocycles. The van der Waals surface area contributed by atoms with Gasteiger partial charge in [0.25, 0.3) is 0 Å². The van der Waals surface area contributed by atoms with E-state index >= 15 is 0 Å². The minimum Gasteiger partial charge on any atom is -0.458 e. The lowest BCUT2D eigenvalue weighted by molar-refractivity contribution is -0.191. The molecule has 0 aromatic carbocycles. The Morgan fingerprint density at radius 1 is 1.06 bits per heavy atom. The van der Waals surface area contributed by atoms with Gasteiger partial charge in [0.2, 0.25) is 0 Å². The molecule has 9 atom stereocenters. The predicted molar refractivity (Wildman–Crippen MR) is 133 cm³/mol. The predicted octanol–water partition coefficient (Wildman–Crippen LogP) is 6.03. The largest absolute Gasteiger partial charge is 0.458 e. The third-order valence-corrected chi connectivity index (χ3v) is 11.6. The molecule has 188 valence electrons. The summed E-state index contributed by atoms with van der Waals surface area (Å²) in [6, 6.07) is 0. The van der Waals surface area contributed by atoms with Crippen LogP contribution in [0, 0.1) is 45.3 Å². The molecule has 4 aliphatic carbocycles. The highest BCUT2D eigenvalue weighted by molar-refractivity contribution is 5.85. The van der Waals surface area contributed by atoms with Gasteiger partial charge in [0.15, 0.2) is 0 Å². The number of fused-ring (bicyclic) bond motifs is 5. The van der Waals surface area contributed by atoms with Gasteiger partial charge in [-0.1, -0.05) is 51.8 Å². The molecule has 0 spiro atoms. The molecule has 4 heteroatoms. The SMILES string of the molecule is CC(C)=C[C@@H]1C[C@H]([C@@H]2CC=C3[C@@]4(C)[C@H](CC[C@]32C)[C@@]2(C)CCC(=O)C(C)(C)[C@@H]2C[C@@H]4O)C(=O)O1. The van der Waals surface area contributed by atoms with Crippen molar-refractivity contribution >= 4 is 11.8 Å². The second kappa shape index (κ2) is 7.54. The summed E-state index contributed by atoms with van der Waals surface area (Å²) >= 11 is 0. The van der Waals surface area contributed by atoms with Crippen LogP contribution in [0.1, 0.15) is 93.4 Å². The standard InChI is InChI=1S/C30H44O4/c1-17(2)14-18-15-19(26(33)34-18)20-8-9-21-28(20,5)12-10-22-29(6)13-11-24(31)27(3,4)23(29)16-25(32)30(21,22)7/h9,14,18-20,22-23,25,32H,8,10-13,15-16H2,1-7H3/t18-,19-,20+,22-,23+,25+,28+,29-,30+/m1/s1. The first-order chi connectivity index (χ1) is 15.8. The number of hydrogen-bond acceptors (Lipinski definition) is 4. The third-order valence-electron chi connectivity index (χ3n) is 11.6. The maximum atomic E-state index is 13.0. The van der Waals surface area contributed by atoms with Crippen molar-refractivity contribution in [1.29, 1.82) is 0 Å².